The predicted molar refractivity (Wildman–Crippen MR) is 93.8 cm³/mol. The van der Waals surface area contributed by atoms with Crippen LogP contribution >= 0.6 is 0 Å². The fourth-order valence-corrected chi connectivity index (χ4v) is 2.93. The van der Waals surface area contributed by atoms with Crippen molar-refractivity contribution in [2.75, 3.05) is 0 Å². The molecule has 130 valence electrons. The molecule has 0 saturated heterocycles. The molecule has 0 bridgehead atoms. The molecule has 0 aliphatic heterocycles. The number of rotatable bonds is 2. The molecule has 0 N–H and O–H groups in total. The standard InChI is InChI=1S/C20H12F3NO2/c1-3-16-12(2)18(17-9-8-15(24(25)26)11-19(16)17)10-13-4-6-14(7-5-13)20(21,22)23/h1,4-11H,2H3. The van der Waals surface area contributed by atoms with Gasteiger partial charge >= 0.3 is 6.18 Å². The van der Waals surface area contributed by atoms with Gasteiger partial charge in [0.1, 0.15) is 0 Å². The largest absolute Gasteiger partial charge is 0.416 e. The number of non-ortho nitro benzene ring substituents is 1. The minimum absolute atomic E-state index is 0.0694. The third-order valence-corrected chi connectivity index (χ3v) is 4.25. The van der Waals surface area contributed by atoms with E-state index >= 15 is 0 Å². The number of hydrogen-bond acceptors (Lipinski definition) is 2. The molecule has 1 aliphatic carbocycles. The van der Waals surface area contributed by atoms with Gasteiger partial charge in [0.25, 0.3) is 5.69 Å². The first-order chi connectivity index (χ1) is 12.2. The van der Waals surface area contributed by atoms with E-state index < -0.39 is 16.7 Å². The summed E-state index contributed by atoms with van der Waals surface area (Å²) in [5.74, 6) is 2.55. The van der Waals surface area contributed by atoms with Gasteiger partial charge in [-0.3, -0.25) is 10.1 Å². The highest BCUT2D eigenvalue weighted by Crippen LogP contribution is 2.43. The second-order valence-corrected chi connectivity index (χ2v) is 5.81. The molecule has 6 heteroatoms. The highest BCUT2D eigenvalue weighted by molar-refractivity contribution is 6.08. The van der Waals surface area contributed by atoms with Crippen LogP contribution in [0.1, 0.15) is 29.2 Å². The molecule has 0 unspecified atom stereocenters. The van der Waals surface area contributed by atoms with E-state index in [1.807, 2.05) is 0 Å². The van der Waals surface area contributed by atoms with E-state index in [2.05, 4.69) is 5.92 Å². The second-order valence-electron chi connectivity index (χ2n) is 5.81. The molecule has 2 aromatic rings. The summed E-state index contributed by atoms with van der Waals surface area (Å²) in [6.45, 7) is 1.79. The molecule has 0 heterocycles. The van der Waals surface area contributed by atoms with Crippen molar-refractivity contribution in [2.24, 2.45) is 0 Å². The van der Waals surface area contributed by atoms with Crippen LogP contribution in [-0.4, -0.2) is 4.92 Å². The minimum atomic E-state index is -4.39. The summed E-state index contributed by atoms with van der Waals surface area (Å²) < 4.78 is 38.1. The number of nitrogens with zero attached hydrogens (tertiary/aromatic N) is 1. The van der Waals surface area contributed by atoms with Gasteiger partial charge in [-0.2, -0.15) is 13.2 Å². The lowest BCUT2D eigenvalue weighted by Crippen LogP contribution is -2.04. The van der Waals surface area contributed by atoms with Crippen molar-refractivity contribution in [3.63, 3.8) is 0 Å². The third-order valence-electron chi connectivity index (χ3n) is 4.25. The fourth-order valence-electron chi connectivity index (χ4n) is 2.93. The zero-order chi connectivity index (χ0) is 19.1. The van der Waals surface area contributed by atoms with Crippen LogP contribution in [0.25, 0.3) is 17.2 Å². The number of terminal acetylenes is 1. The normalized spacial score (nSPS) is 15.1. The Morgan fingerprint density at radius 1 is 1.12 bits per heavy atom. The van der Waals surface area contributed by atoms with Crippen LogP contribution in [0, 0.1) is 22.5 Å². The molecule has 0 fully saturated rings. The molecule has 0 radical (unpaired) electrons. The van der Waals surface area contributed by atoms with Crippen molar-refractivity contribution >= 4 is 22.9 Å². The maximum absolute atomic E-state index is 12.7. The van der Waals surface area contributed by atoms with Gasteiger partial charge in [0, 0.05) is 23.3 Å². The lowest BCUT2D eigenvalue weighted by atomic mass is 10.00. The summed E-state index contributed by atoms with van der Waals surface area (Å²) in [6, 6.07) is 9.19. The van der Waals surface area contributed by atoms with Crippen molar-refractivity contribution in [1.29, 1.82) is 0 Å². The van der Waals surface area contributed by atoms with Crippen molar-refractivity contribution < 1.29 is 18.1 Å². The predicted octanol–water partition coefficient (Wildman–Crippen LogP) is 5.57. The van der Waals surface area contributed by atoms with Crippen LogP contribution < -0.4 is 0 Å². The maximum Gasteiger partial charge on any atom is 0.416 e. The molecule has 3 rings (SSSR count). The van der Waals surface area contributed by atoms with E-state index in [9.17, 15) is 23.3 Å². The van der Waals surface area contributed by atoms with Gasteiger partial charge in [0.05, 0.1) is 10.5 Å². The van der Waals surface area contributed by atoms with Gasteiger partial charge in [-0.15, -0.1) is 6.42 Å². The third kappa shape index (κ3) is 3.00. The average molecular weight is 355 g/mol. The van der Waals surface area contributed by atoms with E-state index in [0.29, 0.717) is 16.7 Å². The van der Waals surface area contributed by atoms with Gasteiger partial charge < -0.3 is 0 Å². The van der Waals surface area contributed by atoms with Crippen LogP contribution in [0.2, 0.25) is 0 Å². The molecule has 0 saturated carbocycles. The smallest absolute Gasteiger partial charge is 0.258 e. The molecule has 0 aromatic heterocycles. The number of allylic oxidation sites excluding steroid dienone is 3. The van der Waals surface area contributed by atoms with E-state index in [1.54, 1.807) is 19.1 Å². The number of halogens is 3. The van der Waals surface area contributed by atoms with E-state index in [1.165, 1.54) is 24.3 Å². The number of hydrogen-bond donors (Lipinski definition) is 0. The summed E-state index contributed by atoms with van der Waals surface area (Å²) >= 11 is 0. The number of fused-ring (bicyclic) bond motifs is 1. The van der Waals surface area contributed by atoms with E-state index in [0.717, 1.165) is 28.8 Å². The summed E-state index contributed by atoms with van der Waals surface area (Å²) in [7, 11) is 0. The highest BCUT2D eigenvalue weighted by atomic mass is 19.4. The highest BCUT2D eigenvalue weighted by Gasteiger charge is 2.30. The van der Waals surface area contributed by atoms with E-state index in [4.69, 9.17) is 6.42 Å². The lowest BCUT2D eigenvalue weighted by molar-refractivity contribution is -0.384. The molecule has 0 spiro atoms. The van der Waals surface area contributed by atoms with E-state index in [-0.39, 0.29) is 5.69 Å². The topological polar surface area (TPSA) is 43.1 Å². The van der Waals surface area contributed by atoms with Gasteiger partial charge in [0.2, 0.25) is 0 Å². The minimum Gasteiger partial charge on any atom is -0.258 e. The fraction of sp³-hybridized carbons (Fsp3) is 0.100. The first kappa shape index (κ1) is 17.5. The second kappa shape index (κ2) is 6.19. The number of nitro groups is 1. The Morgan fingerprint density at radius 2 is 1.77 bits per heavy atom. The Balaban J connectivity index is 2.09. The molecular formula is C20H12F3NO2. The van der Waals surface area contributed by atoms with Crippen molar-refractivity contribution in [3.05, 3.63) is 80.4 Å². The van der Waals surface area contributed by atoms with Gasteiger partial charge in [-0.25, -0.2) is 0 Å². The van der Waals surface area contributed by atoms with Crippen LogP contribution in [0.5, 0.6) is 0 Å². The summed E-state index contributed by atoms with van der Waals surface area (Å²) in [6.07, 6.45) is 2.89. The van der Waals surface area contributed by atoms with Crippen LogP contribution in [0.3, 0.4) is 0 Å². The number of benzene rings is 2. The van der Waals surface area contributed by atoms with Crippen molar-refractivity contribution in [1.82, 2.24) is 0 Å². The number of nitro benzene ring substituents is 1. The zero-order valence-electron chi connectivity index (χ0n) is 13.6. The van der Waals surface area contributed by atoms with Crippen LogP contribution in [-0.2, 0) is 6.18 Å². The van der Waals surface area contributed by atoms with Crippen molar-refractivity contribution in [2.45, 2.75) is 13.1 Å². The molecule has 0 atom stereocenters. The molecule has 3 nitrogen and oxygen atoms in total. The van der Waals surface area contributed by atoms with Crippen molar-refractivity contribution in [3.8, 4) is 12.3 Å². The molecule has 1 aliphatic rings. The Labute approximate surface area is 147 Å². The molecule has 2 aromatic carbocycles. The van der Waals surface area contributed by atoms with Gasteiger partial charge in [0.15, 0.2) is 0 Å². The maximum atomic E-state index is 12.7. The quantitative estimate of drug-likeness (QED) is 0.401. The molecular weight excluding hydrogens is 343 g/mol. The summed E-state index contributed by atoms with van der Waals surface area (Å²) in [5.41, 5.74) is 3.12. The zero-order valence-corrected chi connectivity index (χ0v) is 13.6. The van der Waals surface area contributed by atoms with Crippen LogP contribution in [0.4, 0.5) is 18.9 Å². The SMILES string of the molecule is C#CC1=C(C)C(=Cc2ccc(C(F)(F)F)cc2)c2ccc([N+](=O)[O-])cc21. The Kier molecular flexibility index (Phi) is 4.17. The van der Waals surface area contributed by atoms with Crippen LogP contribution in [0.15, 0.2) is 48.0 Å². The van der Waals surface area contributed by atoms with Gasteiger partial charge in [-0.05, 0) is 53.5 Å². The average Bonchev–Trinajstić information content (AvgIpc) is 2.85. The van der Waals surface area contributed by atoms with Gasteiger partial charge in [-0.1, -0.05) is 18.1 Å². The monoisotopic (exact) mass is 355 g/mol. The number of alkyl halides is 3. The summed E-state index contributed by atoms with van der Waals surface area (Å²) in [4.78, 5) is 10.5. The molecule has 0 amide bonds. The Morgan fingerprint density at radius 3 is 2.31 bits per heavy atom. The molecule has 26 heavy (non-hydrogen) atoms. The first-order valence-corrected chi connectivity index (χ1v) is 7.58. The lowest BCUT2D eigenvalue weighted by Gasteiger charge is -2.07. The Bertz CT molecular complexity index is 1010. The summed E-state index contributed by atoms with van der Waals surface area (Å²) in [5, 5.41) is 11.0. The first-order valence-electron chi connectivity index (χ1n) is 7.58. The Hall–Kier alpha value is -3.33.